The van der Waals surface area contributed by atoms with Gasteiger partial charge in [-0.2, -0.15) is 22.0 Å². The number of nitrogens with two attached hydrogens (primary N) is 1. The number of nitrogens with one attached hydrogen (secondary N) is 3. The Morgan fingerprint density at radius 2 is 1.65 bits per heavy atom. The Labute approximate surface area is 378 Å². The summed E-state index contributed by atoms with van der Waals surface area (Å²) >= 11 is 0. The van der Waals surface area contributed by atoms with E-state index in [2.05, 4.69) is 48.9 Å². The highest BCUT2D eigenvalue weighted by molar-refractivity contribution is 5.87. The number of hydrogen-bond donors (Lipinski definition) is 5. The van der Waals surface area contributed by atoms with Crippen LogP contribution in [0.15, 0.2) is 65.8 Å². The highest BCUT2D eigenvalue weighted by Gasteiger charge is 2.56. The number of anilines is 1. The fourth-order valence-corrected chi connectivity index (χ4v) is 8.46. The number of nitrogens with zero attached hydrogens (tertiary/aromatic N) is 4. The molecule has 66 heavy (non-hydrogen) atoms. The van der Waals surface area contributed by atoms with Crippen LogP contribution in [0.1, 0.15) is 61.4 Å². The molecule has 3 unspecified atom stereocenters. The first kappa shape index (κ1) is 49.7. The van der Waals surface area contributed by atoms with Gasteiger partial charge in [-0.05, 0) is 88.1 Å². The molecule has 0 spiro atoms. The minimum atomic E-state index is -4.98. The van der Waals surface area contributed by atoms with Crippen LogP contribution >= 0.6 is 0 Å². The average Bonchev–Trinajstić information content (AvgIpc) is 3.53. The Bertz CT molecular complexity index is 2280. The topological polar surface area (TPSA) is 167 Å². The highest BCUT2D eigenvalue weighted by atomic mass is 19.4. The molecule has 3 saturated heterocycles. The molecule has 0 radical (unpaired) electrons. The van der Waals surface area contributed by atoms with Crippen molar-refractivity contribution in [1.29, 1.82) is 0 Å². The first-order valence-electron chi connectivity index (χ1n) is 21.2. The van der Waals surface area contributed by atoms with Crippen LogP contribution in [0.5, 0.6) is 0 Å². The zero-order valence-electron chi connectivity index (χ0n) is 36.8. The molecule has 6 rings (SSSR count). The number of rotatable bonds is 16. The van der Waals surface area contributed by atoms with Crippen molar-refractivity contribution in [3.63, 3.8) is 0 Å². The smallest absolute Gasteiger partial charge is 0.407 e. The molecule has 2 bridgehead atoms. The van der Waals surface area contributed by atoms with Gasteiger partial charge in [-0.1, -0.05) is 24.0 Å². The van der Waals surface area contributed by atoms with Crippen molar-refractivity contribution in [3.8, 4) is 11.8 Å². The largest absolute Gasteiger partial charge is 0.453 e. The van der Waals surface area contributed by atoms with Crippen molar-refractivity contribution in [1.82, 2.24) is 25.8 Å². The monoisotopic (exact) mass is 930 g/mol. The standard InChI is InChI=1S/C46H53F7N8O5/c1-44(2,46(51,52)53)40(59-43(64)65-4)41(63)58-37(38(62)22-55-21-33-34(47)18-30(19-35(33)48)36(54)15-16-56-42(49)50)17-28-8-5-27(6-9-28)7-10-29-11-14-39(57-20-29)60-23-31-12-13-32(24-60)61(31)45(3)25-66-26-45/h5-6,8-9,11,14-16,18-20,31-32,37-38,40,42,55,62H,12-13,17,21-26,54H2,1-4H3,(H,58,63)(H,59,64)/t31?,32?,37-,38-,40?/m0/s1. The van der Waals surface area contributed by atoms with Gasteiger partial charge in [0.05, 0.1) is 43.4 Å². The van der Waals surface area contributed by atoms with Crippen molar-refractivity contribution in [2.24, 2.45) is 16.1 Å². The number of hydrogen-bond acceptors (Lipinski definition) is 11. The summed E-state index contributed by atoms with van der Waals surface area (Å²) in [7, 11) is 0.916. The summed E-state index contributed by atoms with van der Waals surface area (Å²) < 4.78 is 107. The van der Waals surface area contributed by atoms with Gasteiger partial charge in [0.1, 0.15) is 23.5 Å². The van der Waals surface area contributed by atoms with E-state index in [0.717, 1.165) is 84.1 Å². The first-order valence-corrected chi connectivity index (χ1v) is 21.2. The molecule has 2 amide bonds. The first-order chi connectivity index (χ1) is 31.2. The lowest BCUT2D eigenvalue weighted by molar-refractivity contribution is -0.220. The Morgan fingerprint density at radius 1 is 1.03 bits per heavy atom. The molecular weight excluding hydrogens is 878 g/mol. The van der Waals surface area contributed by atoms with Gasteiger partial charge in [-0.25, -0.2) is 23.6 Å². The number of alkyl halides is 5. The Balaban J connectivity index is 1.14. The molecule has 4 heterocycles. The fourth-order valence-electron chi connectivity index (χ4n) is 8.46. The normalized spacial score (nSPS) is 20.0. The molecule has 3 aliphatic rings. The maximum absolute atomic E-state index is 15.1. The summed E-state index contributed by atoms with van der Waals surface area (Å²) in [6, 6.07) is 9.68. The molecule has 3 aliphatic heterocycles. The maximum atomic E-state index is 15.1. The zero-order valence-corrected chi connectivity index (χ0v) is 36.8. The van der Waals surface area contributed by atoms with E-state index in [-0.39, 0.29) is 23.2 Å². The number of methoxy groups -OCH3 is 1. The van der Waals surface area contributed by atoms with E-state index in [0.29, 0.717) is 35.0 Å². The minimum Gasteiger partial charge on any atom is -0.453 e. The van der Waals surface area contributed by atoms with Gasteiger partial charge in [0.25, 0.3) is 0 Å². The summed E-state index contributed by atoms with van der Waals surface area (Å²) in [6.45, 7) is 3.08. The number of aliphatic imine (C=N–C) groups is 1. The number of fused-ring (bicyclic) bond motifs is 2. The summed E-state index contributed by atoms with van der Waals surface area (Å²) in [4.78, 5) is 38.3. The summed E-state index contributed by atoms with van der Waals surface area (Å²) in [5, 5.41) is 18.4. The van der Waals surface area contributed by atoms with Crippen LogP contribution in [0.25, 0.3) is 5.70 Å². The molecule has 2 aromatic carbocycles. The van der Waals surface area contributed by atoms with Crippen LogP contribution in [0.4, 0.5) is 41.3 Å². The van der Waals surface area contributed by atoms with Crippen LogP contribution in [-0.4, -0.2) is 122 Å². The Kier molecular flexibility index (Phi) is 15.7. The number of carbonyl (C=O) groups is 2. The van der Waals surface area contributed by atoms with Gasteiger partial charge in [0, 0.05) is 78.6 Å². The number of carbonyl (C=O) groups excluding carboxylic acids is 2. The molecular formula is C46H53F7N8O5. The molecule has 0 aliphatic carbocycles. The Morgan fingerprint density at radius 3 is 2.20 bits per heavy atom. The number of halogens is 7. The molecule has 13 nitrogen and oxygen atoms in total. The lowest BCUT2D eigenvalue weighted by atomic mass is 9.82. The third-order valence-electron chi connectivity index (χ3n) is 12.3. The number of allylic oxidation sites excluding steroid dienone is 1. The van der Waals surface area contributed by atoms with Crippen molar-refractivity contribution < 1.29 is 54.9 Å². The number of aliphatic hydroxyl groups excluding tert-OH is 1. The summed E-state index contributed by atoms with van der Waals surface area (Å²) in [6.07, 6.45) is -2.36. The molecule has 5 atom stereocenters. The predicted octanol–water partition coefficient (Wildman–Crippen LogP) is 5.29. The van der Waals surface area contributed by atoms with Gasteiger partial charge in [-0.15, -0.1) is 0 Å². The molecule has 20 heteroatoms. The van der Waals surface area contributed by atoms with Crippen molar-refractivity contribution >= 4 is 29.7 Å². The lowest BCUT2D eigenvalue weighted by Crippen LogP contribution is -2.68. The number of benzene rings is 2. The van der Waals surface area contributed by atoms with Gasteiger partial charge in [-0.3, -0.25) is 9.69 Å². The summed E-state index contributed by atoms with van der Waals surface area (Å²) in [5.74, 6) is 3.66. The molecule has 6 N–H and O–H groups in total. The minimum absolute atomic E-state index is 0.102. The van der Waals surface area contributed by atoms with Crippen molar-refractivity contribution in [2.75, 3.05) is 44.9 Å². The molecule has 1 aromatic heterocycles. The Hall–Kier alpha value is -5.75. The maximum Gasteiger partial charge on any atom is 0.407 e. The predicted molar refractivity (Wildman–Crippen MR) is 232 cm³/mol. The number of alkyl carbamates (subject to hydrolysis) is 1. The second kappa shape index (κ2) is 20.8. The molecule has 3 aromatic rings. The molecule has 0 saturated carbocycles. The third-order valence-corrected chi connectivity index (χ3v) is 12.3. The third kappa shape index (κ3) is 11.8. The quantitative estimate of drug-likeness (QED) is 0.0552. The van der Waals surface area contributed by atoms with E-state index in [4.69, 9.17) is 15.5 Å². The number of ether oxygens (including phenoxy) is 2. The van der Waals surface area contributed by atoms with Crippen molar-refractivity contribution in [3.05, 3.63) is 100 Å². The van der Waals surface area contributed by atoms with Gasteiger partial charge in [0.2, 0.25) is 5.91 Å². The van der Waals surface area contributed by atoms with Gasteiger partial charge < -0.3 is 41.2 Å². The van der Waals surface area contributed by atoms with Crippen molar-refractivity contribution in [2.45, 2.75) is 95.1 Å². The second-order valence-electron chi connectivity index (χ2n) is 17.5. The summed E-state index contributed by atoms with van der Waals surface area (Å²) in [5.41, 5.74) is 3.97. The van der Waals surface area contributed by atoms with Gasteiger partial charge >= 0.3 is 18.8 Å². The number of pyridine rings is 1. The van der Waals surface area contributed by atoms with Crippen LogP contribution < -0.4 is 26.6 Å². The van der Waals surface area contributed by atoms with E-state index >= 15 is 8.78 Å². The SMILES string of the molecule is COC(=O)NC(C(=O)N[C@@H](Cc1ccc(C#Cc2ccc(N3CC4CCC(C3)N4C3(C)COC3)nc2)cc1)[C@@H](O)CNCc1c(F)cc(C(N)=CC=NC(F)F)cc1F)C(C)(C)C(F)(F)F. The molecule has 3 fully saturated rings. The lowest BCUT2D eigenvalue weighted by Gasteiger charge is -2.54. The fraction of sp³-hybridized carbons (Fsp3) is 0.478. The van der Waals surface area contributed by atoms with E-state index in [9.17, 15) is 36.6 Å². The van der Waals surface area contributed by atoms with E-state index in [1.165, 1.54) is 0 Å². The van der Waals surface area contributed by atoms with Crippen LogP contribution in [0.3, 0.4) is 0 Å². The number of aliphatic hydroxyl groups is 1. The van der Waals surface area contributed by atoms with E-state index in [1.54, 1.807) is 30.5 Å². The number of amides is 2. The highest BCUT2D eigenvalue weighted by Crippen LogP contribution is 2.41. The number of aromatic nitrogens is 1. The second-order valence-corrected chi connectivity index (χ2v) is 17.5. The zero-order chi connectivity index (χ0) is 48.0. The van der Waals surface area contributed by atoms with E-state index in [1.807, 2.05) is 17.4 Å². The number of piperazine rings is 1. The average molecular weight is 931 g/mol. The molecule has 356 valence electrons. The van der Waals surface area contributed by atoms with E-state index < -0.39 is 78.6 Å². The van der Waals surface area contributed by atoms with Crippen LogP contribution in [0.2, 0.25) is 0 Å². The van der Waals surface area contributed by atoms with Gasteiger partial charge in [0.15, 0.2) is 0 Å². The van der Waals surface area contributed by atoms with Crippen LogP contribution in [-0.2, 0) is 27.2 Å². The van der Waals surface area contributed by atoms with Crippen LogP contribution in [0, 0.1) is 28.9 Å².